The number of benzene rings is 1. The first-order valence-electron chi connectivity index (χ1n) is 3.68. The third kappa shape index (κ3) is 2.77. The molecular formula is C7H10O5P2. The molecule has 0 heterocycles. The van der Waals surface area contributed by atoms with Crippen molar-refractivity contribution in [3.63, 3.8) is 0 Å². The van der Waals surface area contributed by atoms with Crippen LogP contribution in [0.3, 0.4) is 0 Å². The highest BCUT2D eigenvalue weighted by atomic mass is 31.2. The molecule has 1 unspecified atom stereocenters. The molecule has 7 heteroatoms. The summed E-state index contributed by atoms with van der Waals surface area (Å²) < 4.78 is 21.9. The number of hydrogen-bond donors (Lipinski definition) is 3. The highest BCUT2D eigenvalue weighted by molar-refractivity contribution is 7.65. The second kappa shape index (κ2) is 3.61. The Morgan fingerprint density at radius 3 is 1.57 bits per heavy atom. The second-order valence-electron chi connectivity index (χ2n) is 2.94. The first-order chi connectivity index (χ1) is 6.21. The van der Waals surface area contributed by atoms with Crippen molar-refractivity contribution in [2.75, 3.05) is 6.66 Å². The fourth-order valence-corrected chi connectivity index (χ4v) is 2.16. The summed E-state index contributed by atoms with van der Waals surface area (Å²) in [7, 11) is -7.60. The largest absolute Gasteiger partial charge is 0.356 e. The zero-order valence-electron chi connectivity index (χ0n) is 7.36. The predicted octanol–water partition coefficient (Wildman–Crippen LogP) is 0.0151. The molecule has 0 aliphatic carbocycles. The lowest BCUT2D eigenvalue weighted by molar-refractivity contribution is 0.387. The molecule has 0 saturated heterocycles. The van der Waals surface area contributed by atoms with Gasteiger partial charge in [0.25, 0.3) is 0 Å². The molecule has 0 radical (unpaired) electrons. The molecule has 5 nitrogen and oxygen atoms in total. The van der Waals surface area contributed by atoms with Gasteiger partial charge in [0, 0.05) is 12.0 Å². The van der Waals surface area contributed by atoms with Crippen molar-refractivity contribution in [3.8, 4) is 0 Å². The molecule has 1 rings (SSSR count). The van der Waals surface area contributed by atoms with Gasteiger partial charge in [-0.25, -0.2) is 0 Å². The standard InChI is InChI=1S/C7H10O5P2/c1-13(8,9)6-2-4-7(5-3-6)14(10,11)12/h2-5H,1H3,(H,8,9)(H2,10,11,12). The lowest BCUT2D eigenvalue weighted by Crippen LogP contribution is -2.09. The van der Waals surface area contributed by atoms with E-state index in [-0.39, 0.29) is 10.6 Å². The zero-order valence-corrected chi connectivity index (χ0v) is 9.15. The van der Waals surface area contributed by atoms with Crippen molar-refractivity contribution in [2.45, 2.75) is 0 Å². The Balaban J connectivity index is 3.14. The molecule has 3 N–H and O–H groups in total. The highest BCUT2D eigenvalue weighted by Crippen LogP contribution is 2.36. The van der Waals surface area contributed by atoms with Gasteiger partial charge in [0.2, 0.25) is 7.37 Å². The lowest BCUT2D eigenvalue weighted by atomic mass is 10.4. The third-order valence-corrected chi connectivity index (χ3v) is 3.89. The molecule has 78 valence electrons. The molecule has 0 aromatic heterocycles. The van der Waals surface area contributed by atoms with E-state index in [1.165, 1.54) is 18.8 Å². The van der Waals surface area contributed by atoms with Gasteiger partial charge >= 0.3 is 7.60 Å². The molecule has 1 aromatic carbocycles. The average molecular weight is 236 g/mol. The maximum absolute atomic E-state index is 11.1. The molecule has 0 spiro atoms. The molecule has 0 amide bonds. The van der Waals surface area contributed by atoms with Crippen molar-refractivity contribution in [2.24, 2.45) is 0 Å². The van der Waals surface area contributed by atoms with E-state index in [4.69, 9.17) is 14.7 Å². The summed E-state index contributed by atoms with van der Waals surface area (Å²) in [6, 6.07) is 4.80. The van der Waals surface area contributed by atoms with Crippen LogP contribution in [0.5, 0.6) is 0 Å². The van der Waals surface area contributed by atoms with E-state index in [0.717, 1.165) is 12.1 Å². The van der Waals surface area contributed by atoms with Crippen molar-refractivity contribution < 1.29 is 23.8 Å². The maximum atomic E-state index is 11.1. The lowest BCUT2D eigenvalue weighted by Gasteiger charge is -2.07. The van der Waals surface area contributed by atoms with E-state index in [2.05, 4.69) is 0 Å². The zero-order chi connectivity index (χ0) is 11.0. The van der Waals surface area contributed by atoms with Gasteiger partial charge in [-0.15, -0.1) is 0 Å². The minimum absolute atomic E-state index is 0.158. The topological polar surface area (TPSA) is 94.8 Å². The number of hydrogen-bond acceptors (Lipinski definition) is 2. The summed E-state index contributed by atoms with van der Waals surface area (Å²) in [6.45, 7) is 1.17. The summed E-state index contributed by atoms with van der Waals surface area (Å²) >= 11 is 0. The van der Waals surface area contributed by atoms with Crippen LogP contribution in [0.2, 0.25) is 0 Å². The van der Waals surface area contributed by atoms with Gasteiger partial charge in [-0.3, -0.25) is 9.13 Å². The van der Waals surface area contributed by atoms with E-state index in [0.29, 0.717) is 0 Å². The van der Waals surface area contributed by atoms with Crippen LogP contribution in [0.25, 0.3) is 0 Å². The van der Waals surface area contributed by atoms with E-state index < -0.39 is 15.0 Å². The van der Waals surface area contributed by atoms with E-state index in [1.54, 1.807) is 0 Å². The SMILES string of the molecule is CP(=O)(O)c1ccc(P(=O)(O)O)cc1. The van der Waals surface area contributed by atoms with Gasteiger partial charge in [0.15, 0.2) is 0 Å². The molecule has 1 atom stereocenters. The van der Waals surface area contributed by atoms with E-state index in [1.807, 2.05) is 0 Å². The Morgan fingerprint density at radius 2 is 1.29 bits per heavy atom. The minimum Gasteiger partial charge on any atom is -0.341 e. The Hall–Kier alpha value is -0.440. The van der Waals surface area contributed by atoms with Gasteiger partial charge < -0.3 is 14.7 Å². The van der Waals surface area contributed by atoms with Crippen molar-refractivity contribution in [3.05, 3.63) is 24.3 Å². The second-order valence-corrected chi connectivity index (χ2v) is 6.82. The van der Waals surface area contributed by atoms with Gasteiger partial charge in [-0.1, -0.05) is 0 Å². The van der Waals surface area contributed by atoms with Crippen LogP contribution >= 0.6 is 15.0 Å². The number of rotatable bonds is 2. The van der Waals surface area contributed by atoms with E-state index >= 15 is 0 Å². The molecule has 0 saturated carbocycles. The fraction of sp³-hybridized carbons (Fsp3) is 0.143. The fourth-order valence-electron chi connectivity index (χ4n) is 0.923. The third-order valence-electron chi connectivity index (χ3n) is 1.67. The summed E-state index contributed by atoms with van der Waals surface area (Å²) in [6.07, 6.45) is 0. The Bertz CT molecular complexity index is 371. The molecule has 0 bridgehead atoms. The first-order valence-corrected chi connectivity index (χ1v) is 7.40. The summed E-state index contributed by atoms with van der Waals surface area (Å²) in [5.74, 6) is 0. The van der Waals surface area contributed by atoms with Crippen LogP contribution in [0.1, 0.15) is 0 Å². The summed E-state index contributed by atoms with van der Waals surface area (Å²) in [5, 5.41) is 0.0180. The summed E-state index contributed by atoms with van der Waals surface area (Å²) in [5.41, 5.74) is 0. The van der Waals surface area contributed by atoms with Gasteiger partial charge in [-0.2, -0.15) is 0 Å². The van der Waals surface area contributed by atoms with Crippen LogP contribution in [0.15, 0.2) is 24.3 Å². The molecule has 0 aliphatic heterocycles. The molecule has 0 aliphatic rings. The molecule has 14 heavy (non-hydrogen) atoms. The van der Waals surface area contributed by atoms with Gasteiger partial charge in [0.05, 0.1) is 5.30 Å². The monoisotopic (exact) mass is 236 g/mol. The first kappa shape index (κ1) is 11.6. The summed E-state index contributed by atoms with van der Waals surface area (Å²) in [4.78, 5) is 26.7. The van der Waals surface area contributed by atoms with Gasteiger partial charge in [0.1, 0.15) is 0 Å². The smallest absolute Gasteiger partial charge is 0.341 e. The maximum Gasteiger partial charge on any atom is 0.356 e. The molecule has 0 fully saturated rings. The highest BCUT2D eigenvalue weighted by Gasteiger charge is 2.19. The van der Waals surface area contributed by atoms with Crippen molar-refractivity contribution in [1.82, 2.24) is 0 Å². The van der Waals surface area contributed by atoms with Gasteiger partial charge in [-0.05, 0) is 24.3 Å². The van der Waals surface area contributed by atoms with Crippen LogP contribution in [0, 0.1) is 0 Å². The molecular weight excluding hydrogens is 226 g/mol. The van der Waals surface area contributed by atoms with E-state index in [9.17, 15) is 9.13 Å². The van der Waals surface area contributed by atoms with Crippen LogP contribution in [0.4, 0.5) is 0 Å². The van der Waals surface area contributed by atoms with Crippen molar-refractivity contribution in [1.29, 1.82) is 0 Å². The van der Waals surface area contributed by atoms with Crippen LogP contribution in [-0.2, 0) is 9.13 Å². The predicted molar refractivity (Wildman–Crippen MR) is 53.5 cm³/mol. The van der Waals surface area contributed by atoms with Crippen LogP contribution < -0.4 is 10.6 Å². The Morgan fingerprint density at radius 1 is 0.929 bits per heavy atom. The Kier molecular flexibility index (Phi) is 3.00. The normalized spacial score (nSPS) is 16.3. The minimum atomic E-state index is -4.26. The van der Waals surface area contributed by atoms with Crippen LogP contribution in [-0.4, -0.2) is 21.3 Å². The quantitative estimate of drug-likeness (QED) is 0.629. The average Bonchev–Trinajstić information content (AvgIpc) is 2.01. The van der Waals surface area contributed by atoms with Crippen molar-refractivity contribution >= 4 is 25.6 Å². The Labute approximate surface area is 81.0 Å². The molecule has 1 aromatic rings.